The molecule has 0 radical (unpaired) electrons. The Hall–Kier alpha value is -2.85. The molecule has 0 atom stereocenters. The van der Waals surface area contributed by atoms with Gasteiger partial charge in [0.05, 0.1) is 12.0 Å². The molecule has 0 fully saturated rings. The minimum Gasteiger partial charge on any atom is -0.507 e. The highest BCUT2D eigenvalue weighted by atomic mass is 32.2. The summed E-state index contributed by atoms with van der Waals surface area (Å²) in [7, 11) is 1.68. The van der Waals surface area contributed by atoms with Crippen LogP contribution >= 0.6 is 11.8 Å². The van der Waals surface area contributed by atoms with Crippen LogP contribution in [0, 0.1) is 0 Å². The molecule has 3 aromatic carbocycles. The average Bonchev–Trinajstić information content (AvgIpc) is 3.06. The van der Waals surface area contributed by atoms with E-state index in [0.29, 0.717) is 5.75 Å². The number of fused-ring (bicyclic) bond motifs is 1. The van der Waals surface area contributed by atoms with Crippen molar-refractivity contribution in [1.82, 2.24) is 4.57 Å². The highest BCUT2D eigenvalue weighted by Gasteiger charge is 2.07. The molecule has 4 heteroatoms. The summed E-state index contributed by atoms with van der Waals surface area (Å²) in [5.74, 6) is 1.18. The number of benzene rings is 3. The SMILES string of the molecule is COc1ccc(Cn2ccc3ccc(Sc4ccccc4O)cc32)cc1. The van der Waals surface area contributed by atoms with Crippen LogP contribution in [0.15, 0.2) is 88.8 Å². The summed E-state index contributed by atoms with van der Waals surface area (Å²) in [6.45, 7) is 0.804. The molecule has 0 saturated heterocycles. The highest BCUT2D eigenvalue weighted by molar-refractivity contribution is 7.99. The van der Waals surface area contributed by atoms with Crippen molar-refractivity contribution >= 4 is 22.7 Å². The number of aromatic hydroxyl groups is 1. The number of hydrogen-bond donors (Lipinski definition) is 1. The first-order valence-corrected chi connectivity index (χ1v) is 9.22. The van der Waals surface area contributed by atoms with Gasteiger partial charge in [-0.2, -0.15) is 0 Å². The fraction of sp³-hybridized carbons (Fsp3) is 0.0909. The summed E-state index contributed by atoms with van der Waals surface area (Å²) >= 11 is 1.57. The lowest BCUT2D eigenvalue weighted by Crippen LogP contribution is -1.97. The monoisotopic (exact) mass is 361 g/mol. The van der Waals surface area contributed by atoms with Crippen molar-refractivity contribution in [2.45, 2.75) is 16.3 Å². The molecule has 3 nitrogen and oxygen atoms in total. The molecule has 0 aliphatic rings. The summed E-state index contributed by atoms with van der Waals surface area (Å²) < 4.78 is 7.47. The predicted octanol–water partition coefficient (Wildman–Crippen LogP) is 5.56. The molecule has 1 heterocycles. The molecule has 26 heavy (non-hydrogen) atoms. The van der Waals surface area contributed by atoms with Crippen LogP contribution in [0.4, 0.5) is 0 Å². The van der Waals surface area contributed by atoms with Gasteiger partial charge in [0.2, 0.25) is 0 Å². The average molecular weight is 361 g/mol. The molecular formula is C22H19NO2S. The Bertz CT molecular complexity index is 1040. The van der Waals surface area contributed by atoms with Crippen LogP contribution in [0.1, 0.15) is 5.56 Å². The van der Waals surface area contributed by atoms with Crippen LogP contribution in [0.5, 0.6) is 11.5 Å². The molecule has 130 valence electrons. The van der Waals surface area contributed by atoms with Gasteiger partial charge in [0.25, 0.3) is 0 Å². The molecule has 0 bridgehead atoms. The maximum Gasteiger partial charge on any atom is 0.129 e. The number of nitrogens with zero attached hydrogens (tertiary/aromatic N) is 1. The molecule has 0 spiro atoms. The Balaban J connectivity index is 1.62. The van der Waals surface area contributed by atoms with Crippen molar-refractivity contribution in [3.05, 3.63) is 84.6 Å². The van der Waals surface area contributed by atoms with Gasteiger partial charge in [0, 0.05) is 23.2 Å². The van der Waals surface area contributed by atoms with Gasteiger partial charge in [-0.15, -0.1) is 0 Å². The standard InChI is InChI=1S/C22H19NO2S/c1-25-18-9-6-16(7-10-18)15-23-13-12-17-8-11-19(14-20(17)23)26-22-5-3-2-4-21(22)24/h2-14,24H,15H2,1H3. The van der Waals surface area contributed by atoms with Crippen molar-refractivity contribution in [1.29, 1.82) is 0 Å². The quantitative estimate of drug-likeness (QED) is 0.506. The number of methoxy groups -OCH3 is 1. The zero-order valence-electron chi connectivity index (χ0n) is 14.4. The third-order valence-electron chi connectivity index (χ3n) is 4.35. The van der Waals surface area contributed by atoms with E-state index < -0.39 is 0 Å². The minimum atomic E-state index is 0.311. The van der Waals surface area contributed by atoms with Gasteiger partial charge in [-0.1, -0.05) is 42.1 Å². The number of phenols is 1. The lowest BCUT2D eigenvalue weighted by molar-refractivity contribution is 0.414. The Morgan fingerprint density at radius 3 is 2.54 bits per heavy atom. The smallest absolute Gasteiger partial charge is 0.129 e. The second-order valence-corrected chi connectivity index (χ2v) is 7.20. The third-order valence-corrected chi connectivity index (χ3v) is 5.41. The maximum atomic E-state index is 10.0. The van der Waals surface area contributed by atoms with Gasteiger partial charge < -0.3 is 14.4 Å². The molecule has 4 aromatic rings. The van der Waals surface area contributed by atoms with E-state index >= 15 is 0 Å². The first-order chi connectivity index (χ1) is 12.7. The fourth-order valence-electron chi connectivity index (χ4n) is 2.96. The van der Waals surface area contributed by atoms with Gasteiger partial charge in [-0.25, -0.2) is 0 Å². The van der Waals surface area contributed by atoms with Crippen LogP contribution < -0.4 is 4.74 Å². The van der Waals surface area contributed by atoms with Gasteiger partial charge in [0.15, 0.2) is 0 Å². The number of para-hydroxylation sites is 1. The normalized spacial score (nSPS) is 11.0. The largest absolute Gasteiger partial charge is 0.507 e. The van der Waals surface area contributed by atoms with Crippen LogP contribution in [0.25, 0.3) is 10.9 Å². The lowest BCUT2D eigenvalue weighted by Gasteiger charge is -2.09. The molecule has 0 aliphatic carbocycles. The van der Waals surface area contributed by atoms with Crippen molar-refractivity contribution in [3.8, 4) is 11.5 Å². The lowest BCUT2D eigenvalue weighted by atomic mass is 10.2. The summed E-state index contributed by atoms with van der Waals surface area (Å²) in [5, 5.41) is 11.2. The fourth-order valence-corrected chi connectivity index (χ4v) is 3.84. The van der Waals surface area contributed by atoms with E-state index in [1.165, 1.54) is 16.5 Å². The summed E-state index contributed by atoms with van der Waals surface area (Å²) in [6, 6.07) is 24.1. The number of phenolic OH excluding ortho intramolecular Hbond substituents is 1. The number of ether oxygens (including phenoxy) is 1. The molecular weight excluding hydrogens is 342 g/mol. The van der Waals surface area contributed by atoms with Gasteiger partial charge >= 0.3 is 0 Å². The van der Waals surface area contributed by atoms with Crippen LogP contribution in [-0.2, 0) is 6.54 Å². The van der Waals surface area contributed by atoms with Crippen LogP contribution in [-0.4, -0.2) is 16.8 Å². The Morgan fingerprint density at radius 1 is 0.962 bits per heavy atom. The number of hydrogen-bond acceptors (Lipinski definition) is 3. The zero-order chi connectivity index (χ0) is 17.9. The van der Waals surface area contributed by atoms with E-state index in [1.807, 2.05) is 30.3 Å². The van der Waals surface area contributed by atoms with Gasteiger partial charge in [0.1, 0.15) is 11.5 Å². The van der Waals surface area contributed by atoms with E-state index in [-0.39, 0.29) is 0 Å². The Labute approximate surface area is 156 Å². The first kappa shape index (κ1) is 16.6. The van der Waals surface area contributed by atoms with Crippen molar-refractivity contribution in [2.24, 2.45) is 0 Å². The number of aromatic nitrogens is 1. The van der Waals surface area contributed by atoms with E-state index in [2.05, 4.69) is 47.2 Å². The molecule has 0 amide bonds. The van der Waals surface area contributed by atoms with Crippen LogP contribution in [0.2, 0.25) is 0 Å². The van der Waals surface area contributed by atoms with Crippen molar-refractivity contribution < 1.29 is 9.84 Å². The zero-order valence-corrected chi connectivity index (χ0v) is 15.2. The Morgan fingerprint density at radius 2 is 1.77 bits per heavy atom. The Kier molecular flexibility index (Phi) is 4.59. The minimum absolute atomic E-state index is 0.311. The van der Waals surface area contributed by atoms with Gasteiger partial charge in [-0.3, -0.25) is 0 Å². The number of rotatable bonds is 5. The highest BCUT2D eigenvalue weighted by Crippen LogP contribution is 2.35. The molecule has 1 N–H and O–H groups in total. The van der Waals surface area contributed by atoms with E-state index in [4.69, 9.17) is 4.74 Å². The van der Waals surface area contributed by atoms with E-state index in [0.717, 1.165) is 22.1 Å². The maximum absolute atomic E-state index is 10.0. The topological polar surface area (TPSA) is 34.4 Å². The van der Waals surface area contributed by atoms with E-state index in [9.17, 15) is 5.11 Å². The predicted molar refractivity (Wildman–Crippen MR) is 106 cm³/mol. The summed E-state index contributed by atoms with van der Waals surface area (Å²) in [6.07, 6.45) is 2.11. The summed E-state index contributed by atoms with van der Waals surface area (Å²) in [4.78, 5) is 1.97. The summed E-state index contributed by atoms with van der Waals surface area (Å²) in [5.41, 5.74) is 2.41. The van der Waals surface area contributed by atoms with Crippen molar-refractivity contribution in [3.63, 3.8) is 0 Å². The second-order valence-electron chi connectivity index (χ2n) is 6.08. The molecule has 0 unspecified atom stereocenters. The molecule has 0 aliphatic heterocycles. The first-order valence-electron chi connectivity index (χ1n) is 8.40. The van der Waals surface area contributed by atoms with Gasteiger partial charge in [-0.05, 0) is 53.4 Å². The molecule has 0 saturated carbocycles. The van der Waals surface area contributed by atoms with Crippen molar-refractivity contribution in [2.75, 3.05) is 7.11 Å². The van der Waals surface area contributed by atoms with Crippen LogP contribution in [0.3, 0.4) is 0 Å². The second kappa shape index (κ2) is 7.18. The molecule has 4 rings (SSSR count). The molecule has 1 aromatic heterocycles. The third kappa shape index (κ3) is 3.41. The van der Waals surface area contributed by atoms with E-state index in [1.54, 1.807) is 24.9 Å².